The summed E-state index contributed by atoms with van der Waals surface area (Å²) in [5, 5.41) is 0.137. The minimum Gasteiger partial charge on any atom is -0.369 e. The molecule has 0 saturated carbocycles. The molecule has 0 fully saturated rings. The summed E-state index contributed by atoms with van der Waals surface area (Å²) in [6, 6.07) is 21.9. The minimum atomic E-state index is -4.49. The van der Waals surface area contributed by atoms with Crippen molar-refractivity contribution in [2.75, 3.05) is 5.73 Å². The number of amides is 1. The number of rotatable bonds is 2. The second-order valence-electron chi connectivity index (χ2n) is 12.7. The lowest BCUT2D eigenvalue weighted by Gasteiger charge is -2.34. The summed E-state index contributed by atoms with van der Waals surface area (Å²) in [5.41, 5.74) is 9.25. The number of thiocarbonyl (C=S) groups is 1. The van der Waals surface area contributed by atoms with Crippen LogP contribution in [0.4, 0.5) is 32.3 Å². The zero-order valence-electron chi connectivity index (χ0n) is 26.2. The van der Waals surface area contributed by atoms with Gasteiger partial charge in [-0.05, 0) is 89.9 Å². The Morgan fingerprint density at radius 1 is 0.680 bits per heavy atom. The van der Waals surface area contributed by atoms with Crippen molar-refractivity contribution in [3.8, 4) is 0 Å². The van der Waals surface area contributed by atoms with E-state index >= 15 is 0 Å². The van der Waals surface area contributed by atoms with Gasteiger partial charge in [0.2, 0.25) is 5.95 Å². The normalized spacial score (nSPS) is 16.2. The molecule has 1 aliphatic heterocycles. The maximum atomic E-state index is 12.9. The third-order valence-corrected chi connectivity index (χ3v) is 9.88. The fraction of sp³-hybridized carbons (Fsp3) is 0.243. The highest BCUT2D eigenvalue weighted by atomic mass is 32.1. The molecular weight excluding hydrogens is 678 g/mol. The fourth-order valence-corrected chi connectivity index (χ4v) is 7.55. The first-order valence-corrected chi connectivity index (χ1v) is 16.2. The average molecular weight is 707 g/mol. The smallest absolute Gasteiger partial charge is 0.369 e. The molecule has 2 heterocycles. The zero-order chi connectivity index (χ0) is 35.5. The Balaban J connectivity index is 0.000000157. The van der Waals surface area contributed by atoms with E-state index in [9.17, 15) is 35.9 Å². The van der Waals surface area contributed by atoms with Crippen molar-refractivity contribution in [3.05, 3.63) is 140 Å². The predicted molar refractivity (Wildman–Crippen MR) is 180 cm³/mol. The van der Waals surface area contributed by atoms with Gasteiger partial charge >= 0.3 is 12.4 Å². The highest BCUT2D eigenvalue weighted by Gasteiger charge is 2.39. The average Bonchev–Trinajstić information content (AvgIpc) is 3.68. The summed E-state index contributed by atoms with van der Waals surface area (Å²) in [4.78, 5) is 31.8. The first kappa shape index (κ1) is 33.5. The molecule has 6 nitrogen and oxygen atoms in total. The first-order chi connectivity index (χ1) is 23.7. The fourth-order valence-electron chi connectivity index (χ4n) is 7.17. The molecule has 256 valence electrons. The van der Waals surface area contributed by atoms with Gasteiger partial charge in [-0.1, -0.05) is 60.7 Å². The maximum absolute atomic E-state index is 12.9. The van der Waals surface area contributed by atoms with Crippen LogP contribution in [0.2, 0.25) is 0 Å². The lowest BCUT2D eigenvalue weighted by molar-refractivity contribution is -0.138. The van der Waals surface area contributed by atoms with E-state index in [0.29, 0.717) is 29.0 Å². The number of benzene rings is 4. The molecule has 0 spiro atoms. The number of carbonyl (C=O) groups excluding carboxylic acids is 1. The van der Waals surface area contributed by atoms with Gasteiger partial charge in [0.1, 0.15) is 0 Å². The minimum absolute atomic E-state index is 0.0379. The second kappa shape index (κ2) is 12.4. The van der Waals surface area contributed by atoms with E-state index in [1.54, 1.807) is 4.90 Å². The molecule has 2 N–H and O–H groups in total. The predicted octanol–water partition coefficient (Wildman–Crippen LogP) is 7.54. The lowest BCUT2D eigenvalue weighted by atomic mass is 9.94. The summed E-state index contributed by atoms with van der Waals surface area (Å²) in [7, 11) is 0. The zero-order valence-corrected chi connectivity index (χ0v) is 27.0. The van der Waals surface area contributed by atoms with Gasteiger partial charge in [-0.25, -0.2) is 4.98 Å². The van der Waals surface area contributed by atoms with E-state index in [4.69, 9.17) is 18.0 Å². The summed E-state index contributed by atoms with van der Waals surface area (Å²) in [5.74, 6) is -0.354. The van der Waals surface area contributed by atoms with Gasteiger partial charge in [-0.2, -0.15) is 26.3 Å². The topological polar surface area (TPSA) is 81.2 Å². The van der Waals surface area contributed by atoms with Crippen LogP contribution in [0.3, 0.4) is 0 Å². The van der Waals surface area contributed by atoms with Crippen LogP contribution in [0.25, 0.3) is 10.9 Å². The number of hydrogen-bond donors (Lipinski definition) is 1. The van der Waals surface area contributed by atoms with Crippen molar-refractivity contribution in [2.45, 2.75) is 56.5 Å². The number of alkyl halides is 6. The van der Waals surface area contributed by atoms with Gasteiger partial charge in [-0.3, -0.25) is 19.1 Å². The Morgan fingerprint density at radius 3 is 1.72 bits per heavy atom. The highest BCUT2D eigenvalue weighted by Crippen LogP contribution is 2.36. The van der Waals surface area contributed by atoms with Crippen LogP contribution in [-0.2, 0) is 44.5 Å². The van der Waals surface area contributed by atoms with E-state index < -0.39 is 29.0 Å². The number of hydrogen-bond acceptors (Lipinski definition) is 5. The first-order valence-electron chi connectivity index (χ1n) is 15.8. The van der Waals surface area contributed by atoms with Crippen LogP contribution in [0.5, 0.6) is 0 Å². The van der Waals surface area contributed by atoms with Crippen molar-refractivity contribution >= 4 is 40.0 Å². The van der Waals surface area contributed by atoms with E-state index in [2.05, 4.69) is 4.98 Å². The number of anilines is 1. The van der Waals surface area contributed by atoms with Gasteiger partial charge < -0.3 is 5.73 Å². The quantitative estimate of drug-likeness (QED) is 0.152. The summed E-state index contributed by atoms with van der Waals surface area (Å²) in [6.45, 7) is 0. The van der Waals surface area contributed by atoms with Crippen LogP contribution in [0.15, 0.2) is 89.7 Å². The van der Waals surface area contributed by atoms with Crippen molar-refractivity contribution < 1.29 is 31.1 Å². The highest BCUT2D eigenvalue weighted by molar-refractivity contribution is 7.80. The molecule has 13 heteroatoms. The van der Waals surface area contributed by atoms with Crippen molar-refractivity contribution in [2.24, 2.45) is 0 Å². The van der Waals surface area contributed by atoms with Crippen LogP contribution >= 0.6 is 12.2 Å². The van der Waals surface area contributed by atoms with E-state index in [0.717, 1.165) is 48.2 Å². The Labute approximate surface area is 287 Å². The van der Waals surface area contributed by atoms with E-state index in [-0.39, 0.29) is 41.3 Å². The van der Waals surface area contributed by atoms with Crippen LogP contribution in [-0.4, -0.2) is 31.4 Å². The Kier molecular flexibility index (Phi) is 8.28. The number of halogens is 6. The van der Waals surface area contributed by atoms with Gasteiger partial charge in [0.15, 0.2) is 0 Å². The van der Waals surface area contributed by atoms with Gasteiger partial charge in [-0.15, -0.1) is 0 Å². The Bertz CT molecular complexity index is 2200. The molecule has 0 bridgehead atoms. The number of nitrogens with zero attached hydrogens (tertiary/aromatic N) is 3. The second-order valence-corrected chi connectivity index (χ2v) is 13.1. The van der Waals surface area contributed by atoms with Gasteiger partial charge in [0, 0.05) is 24.1 Å². The van der Waals surface area contributed by atoms with Crippen molar-refractivity contribution in [3.63, 3.8) is 0 Å². The third kappa shape index (κ3) is 6.14. The summed E-state index contributed by atoms with van der Waals surface area (Å²) in [6.07, 6.45) is -6.00. The molecule has 8 rings (SSSR count). The van der Waals surface area contributed by atoms with Gasteiger partial charge in [0.25, 0.3) is 11.5 Å². The number of aromatic nitrogens is 2. The summed E-state index contributed by atoms with van der Waals surface area (Å²) >= 11 is 5.39. The summed E-state index contributed by atoms with van der Waals surface area (Å²) < 4.78 is 78.6. The Morgan fingerprint density at radius 2 is 1.18 bits per heavy atom. The standard InChI is InChI=1S/C19H14F3NOS.C18H14F3N3O/c20-19(21,22)14-5-6-16-13(7-14)10-17(25)23(18(16)24)15-8-11-3-1-2-4-12(11)9-15;19-18(20,21)12-5-6-14-15(9-12)23-17(22)24(16(14)25)13-7-10-3-1-2-4-11(10)8-13/h1-7,15H,8-10H2;1-6,9,13H,7-8H2,(H2,22,23). The molecular formula is C37H28F6N4O2S. The molecule has 0 radical (unpaired) electrons. The van der Waals surface area contributed by atoms with Gasteiger partial charge in [0.05, 0.1) is 27.0 Å². The molecule has 5 aromatic rings. The molecule has 50 heavy (non-hydrogen) atoms. The SMILES string of the molecule is Nc1nc2cc(C(F)(F)F)ccc2c(=O)n1C1Cc2ccccc2C1.O=C1c2ccc(C(F)(F)F)cc2CC(=S)N1C1Cc2ccccc2C1. The van der Waals surface area contributed by atoms with E-state index in [1.165, 1.54) is 27.8 Å². The lowest BCUT2D eigenvalue weighted by Crippen LogP contribution is -2.48. The molecule has 2 aliphatic carbocycles. The van der Waals surface area contributed by atoms with Crippen molar-refractivity contribution in [1.82, 2.24) is 14.5 Å². The largest absolute Gasteiger partial charge is 0.416 e. The molecule has 1 amide bonds. The number of nitrogens with two attached hydrogens (primary N) is 1. The van der Waals surface area contributed by atoms with Crippen LogP contribution in [0.1, 0.15) is 55.3 Å². The van der Waals surface area contributed by atoms with Crippen LogP contribution in [0, 0.1) is 0 Å². The maximum Gasteiger partial charge on any atom is 0.416 e. The molecule has 0 saturated heterocycles. The molecule has 0 unspecified atom stereocenters. The number of fused-ring (bicyclic) bond motifs is 4. The third-order valence-electron chi connectivity index (χ3n) is 9.54. The molecule has 4 aromatic carbocycles. The molecule has 1 aromatic heterocycles. The Hall–Kier alpha value is -5.04. The molecule has 3 aliphatic rings. The number of carbonyl (C=O) groups is 1. The molecule has 0 atom stereocenters. The monoisotopic (exact) mass is 706 g/mol. The van der Waals surface area contributed by atoms with E-state index in [1.807, 2.05) is 48.5 Å². The number of nitrogen functional groups attached to an aromatic ring is 1. The van der Waals surface area contributed by atoms with Crippen LogP contribution < -0.4 is 11.3 Å². The van der Waals surface area contributed by atoms with Crippen molar-refractivity contribution in [1.29, 1.82) is 0 Å².